The molecule has 0 spiro atoms. The largest absolute Gasteiger partial charge is 0.294 e. The SMILES string of the molecule is Cc1cc(C)n(Nc2ccnc3cc(Cl)ccc23)c1C. The van der Waals surface area contributed by atoms with E-state index in [1.54, 1.807) is 6.20 Å². The van der Waals surface area contributed by atoms with Gasteiger partial charge in [0.05, 0.1) is 11.2 Å². The number of aromatic nitrogens is 2. The first-order valence-electron chi connectivity index (χ1n) is 6.53. The van der Waals surface area contributed by atoms with Crippen molar-refractivity contribution in [3.8, 4) is 0 Å². The summed E-state index contributed by atoms with van der Waals surface area (Å²) in [5.74, 6) is 0. The summed E-state index contributed by atoms with van der Waals surface area (Å²) in [5.41, 5.74) is 9.03. The molecule has 4 heteroatoms. The topological polar surface area (TPSA) is 29.9 Å². The minimum Gasteiger partial charge on any atom is -0.294 e. The lowest BCUT2D eigenvalue weighted by Gasteiger charge is -2.14. The fourth-order valence-corrected chi connectivity index (χ4v) is 2.60. The molecule has 0 aliphatic heterocycles. The third kappa shape index (κ3) is 2.14. The van der Waals surface area contributed by atoms with Crippen molar-refractivity contribution in [2.75, 3.05) is 5.43 Å². The van der Waals surface area contributed by atoms with Gasteiger partial charge in [-0.05, 0) is 56.7 Å². The molecule has 0 saturated heterocycles. The second-order valence-electron chi connectivity index (χ2n) is 5.02. The van der Waals surface area contributed by atoms with Crippen LogP contribution >= 0.6 is 11.6 Å². The van der Waals surface area contributed by atoms with Crippen molar-refractivity contribution in [3.63, 3.8) is 0 Å². The number of nitrogens with one attached hydrogen (secondary N) is 1. The first-order valence-corrected chi connectivity index (χ1v) is 6.91. The van der Waals surface area contributed by atoms with Crippen molar-refractivity contribution in [2.24, 2.45) is 0 Å². The van der Waals surface area contributed by atoms with Crippen LogP contribution in [0.15, 0.2) is 36.5 Å². The number of rotatable bonds is 2. The van der Waals surface area contributed by atoms with Gasteiger partial charge in [0.1, 0.15) is 0 Å². The lowest BCUT2D eigenvalue weighted by molar-refractivity contribution is 0.879. The van der Waals surface area contributed by atoms with E-state index in [1.165, 1.54) is 17.0 Å². The summed E-state index contributed by atoms with van der Waals surface area (Å²) in [6.07, 6.45) is 1.79. The van der Waals surface area contributed by atoms with Gasteiger partial charge in [0, 0.05) is 28.0 Å². The average molecular weight is 286 g/mol. The first-order chi connectivity index (χ1) is 9.56. The van der Waals surface area contributed by atoms with Crippen LogP contribution in [0.5, 0.6) is 0 Å². The Hall–Kier alpha value is -2.00. The van der Waals surface area contributed by atoms with Crippen molar-refractivity contribution in [3.05, 3.63) is 58.5 Å². The molecule has 3 nitrogen and oxygen atoms in total. The highest BCUT2D eigenvalue weighted by molar-refractivity contribution is 6.31. The van der Waals surface area contributed by atoms with E-state index in [2.05, 4.69) is 41.9 Å². The molecule has 0 radical (unpaired) electrons. The summed E-state index contributed by atoms with van der Waals surface area (Å²) < 4.78 is 2.10. The molecule has 0 bridgehead atoms. The molecule has 20 heavy (non-hydrogen) atoms. The molecular weight excluding hydrogens is 270 g/mol. The van der Waals surface area contributed by atoms with Crippen LogP contribution in [0, 0.1) is 20.8 Å². The summed E-state index contributed by atoms with van der Waals surface area (Å²) in [7, 11) is 0. The number of anilines is 1. The van der Waals surface area contributed by atoms with Gasteiger partial charge < -0.3 is 0 Å². The predicted molar refractivity (Wildman–Crippen MR) is 84.4 cm³/mol. The Bertz CT molecular complexity index is 790. The Morgan fingerprint density at radius 1 is 1.10 bits per heavy atom. The number of halogens is 1. The van der Waals surface area contributed by atoms with Gasteiger partial charge in [0.25, 0.3) is 0 Å². The Morgan fingerprint density at radius 2 is 1.90 bits per heavy atom. The molecule has 102 valence electrons. The molecule has 0 amide bonds. The van der Waals surface area contributed by atoms with Crippen LogP contribution in [0.3, 0.4) is 0 Å². The molecule has 0 saturated carbocycles. The van der Waals surface area contributed by atoms with Gasteiger partial charge in [-0.2, -0.15) is 0 Å². The van der Waals surface area contributed by atoms with Gasteiger partial charge in [0.15, 0.2) is 0 Å². The number of benzene rings is 1. The molecule has 1 N–H and O–H groups in total. The van der Waals surface area contributed by atoms with Crippen molar-refractivity contribution in [2.45, 2.75) is 20.8 Å². The third-order valence-corrected chi connectivity index (χ3v) is 3.86. The second-order valence-corrected chi connectivity index (χ2v) is 5.46. The number of hydrogen-bond acceptors (Lipinski definition) is 2. The molecule has 0 aliphatic rings. The summed E-state index contributed by atoms with van der Waals surface area (Å²) in [4.78, 5) is 4.36. The molecule has 2 heterocycles. The Labute approximate surface area is 123 Å². The smallest absolute Gasteiger partial charge is 0.0738 e. The molecule has 0 unspecified atom stereocenters. The van der Waals surface area contributed by atoms with E-state index < -0.39 is 0 Å². The Kier molecular flexibility index (Phi) is 3.14. The van der Waals surface area contributed by atoms with E-state index >= 15 is 0 Å². The van der Waals surface area contributed by atoms with E-state index in [4.69, 9.17) is 11.6 Å². The molecular formula is C16H16ClN3. The molecule has 3 rings (SSSR count). The Morgan fingerprint density at radius 3 is 2.60 bits per heavy atom. The molecule has 1 aromatic carbocycles. The van der Waals surface area contributed by atoms with E-state index in [0.717, 1.165) is 16.6 Å². The van der Waals surface area contributed by atoms with Gasteiger partial charge in [-0.3, -0.25) is 15.1 Å². The molecule has 0 atom stereocenters. The minimum atomic E-state index is 0.700. The summed E-state index contributed by atoms with van der Waals surface area (Å²) >= 11 is 6.02. The number of nitrogens with zero attached hydrogens (tertiary/aromatic N) is 2. The quantitative estimate of drug-likeness (QED) is 0.752. The zero-order valence-corrected chi connectivity index (χ0v) is 12.5. The second kappa shape index (κ2) is 4.84. The molecule has 0 aliphatic carbocycles. The number of aryl methyl sites for hydroxylation is 2. The van der Waals surface area contributed by atoms with Gasteiger partial charge >= 0.3 is 0 Å². The lowest BCUT2D eigenvalue weighted by atomic mass is 10.2. The highest BCUT2D eigenvalue weighted by atomic mass is 35.5. The summed E-state index contributed by atoms with van der Waals surface area (Å²) in [5, 5.41) is 1.76. The maximum Gasteiger partial charge on any atom is 0.0738 e. The van der Waals surface area contributed by atoms with Crippen LogP contribution in [0.1, 0.15) is 17.0 Å². The van der Waals surface area contributed by atoms with E-state index in [0.29, 0.717) is 5.02 Å². The minimum absolute atomic E-state index is 0.700. The molecule has 2 aromatic heterocycles. The van der Waals surface area contributed by atoms with Gasteiger partial charge in [0.2, 0.25) is 0 Å². The highest BCUT2D eigenvalue weighted by Crippen LogP contribution is 2.25. The molecule has 3 aromatic rings. The van der Waals surface area contributed by atoms with Crippen LogP contribution in [0.4, 0.5) is 5.69 Å². The monoisotopic (exact) mass is 285 g/mol. The van der Waals surface area contributed by atoms with Crippen molar-refractivity contribution >= 4 is 28.2 Å². The van der Waals surface area contributed by atoms with Crippen LogP contribution in [0.2, 0.25) is 5.02 Å². The normalized spacial score (nSPS) is 11.0. The summed E-state index contributed by atoms with van der Waals surface area (Å²) in [6.45, 7) is 6.31. The fraction of sp³-hybridized carbons (Fsp3) is 0.188. The zero-order chi connectivity index (χ0) is 14.3. The maximum absolute atomic E-state index is 6.02. The number of hydrogen-bond donors (Lipinski definition) is 1. The third-order valence-electron chi connectivity index (χ3n) is 3.62. The fourth-order valence-electron chi connectivity index (χ4n) is 2.43. The van der Waals surface area contributed by atoms with E-state index in [9.17, 15) is 0 Å². The average Bonchev–Trinajstić information content (AvgIpc) is 2.65. The standard InChI is InChI=1S/C16H16ClN3/c1-10-8-11(2)20(12(10)3)19-15-6-7-18-16-9-13(17)4-5-14(15)16/h4-9H,1-3H3,(H,18,19). The van der Waals surface area contributed by atoms with Crippen LogP contribution in [0.25, 0.3) is 10.9 Å². The van der Waals surface area contributed by atoms with Crippen LogP contribution in [-0.2, 0) is 0 Å². The summed E-state index contributed by atoms with van der Waals surface area (Å²) in [6, 6.07) is 9.90. The van der Waals surface area contributed by atoms with Crippen molar-refractivity contribution in [1.82, 2.24) is 9.66 Å². The lowest BCUT2D eigenvalue weighted by Crippen LogP contribution is -2.12. The first kappa shape index (κ1) is 13.0. The highest BCUT2D eigenvalue weighted by Gasteiger charge is 2.08. The van der Waals surface area contributed by atoms with Gasteiger partial charge in [-0.25, -0.2) is 0 Å². The van der Waals surface area contributed by atoms with E-state index in [-0.39, 0.29) is 0 Å². The Balaban J connectivity index is 2.11. The number of pyridine rings is 1. The van der Waals surface area contributed by atoms with Crippen LogP contribution in [-0.4, -0.2) is 9.66 Å². The van der Waals surface area contributed by atoms with Gasteiger partial charge in [-0.1, -0.05) is 11.6 Å². The number of fused-ring (bicyclic) bond motifs is 1. The van der Waals surface area contributed by atoms with E-state index in [1.807, 2.05) is 24.3 Å². The predicted octanol–water partition coefficient (Wildman–Crippen LogP) is 4.49. The van der Waals surface area contributed by atoms with Crippen molar-refractivity contribution in [1.29, 1.82) is 0 Å². The van der Waals surface area contributed by atoms with Crippen LogP contribution < -0.4 is 5.43 Å². The maximum atomic E-state index is 6.02. The van der Waals surface area contributed by atoms with Gasteiger partial charge in [-0.15, -0.1) is 0 Å². The molecule has 0 fully saturated rings. The van der Waals surface area contributed by atoms with Crippen molar-refractivity contribution < 1.29 is 0 Å². The zero-order valence-electron chi connectivity index (χ0n) is 11.7.